The van der Waals surface area contributed by atoms with Gasteiger partial charge >= 0.3 is 0 Å². The van der Waals surface area contributed by atoms with E-state index in [2.05, 4.69) is 9.08 Å². The van der Waals surface area contributed by atoms with Crippen LogP contribution in [0.3, 0.4) is 0 Å². The molecule has 1 saturated heterocycles. The number of aliphatic hydroxyl groups is 1. The highest BCUT2D eigenvalue weighted by atomic mass is 32.2. The van der Waals surface area contributed by atoms with E-state index in [1.165, 1.54) is 0 Å². The molecule has 0 saturated carbocycles. The van der Waals surface area contributed by atoms with Gasteiger partial charge in [-0.1, -0.05) is 0 Å². The Morgan fingerprint density at radius 2 is 1.43 bits per heavy atom. The summed E-state index contributed by atoms with van der Waals surface area (Å²) in [6.07, 6.45) is 0. The predicted molar refractivity (Wildman–Crippen MR) is 76.1 cm³/mol. The normalized spacial score (nSPS) is 19.0. The maximum absolute atomic E-state index is 11.6. The standard InChI is InChI=1S/C10H22N2O7S2/c13-7-5-11-1-3-12(4-2-11)6-9-21(17,18)19-8-10-20(14,15)16/h13H,1-10H2,(H,14,15,16). The molecular formula is C10H22N2O7S2. The highest BCUT2D eigenvalue weighted by Gasteiger charge is 2.19. The zero-order chi connectivity index (χ0) is 15.9. The molecule has 0 aliphatic carbocycles. The van der Waals surface area contributed by atoms with Crippen molar-refractivity contribution < 1.29 is 30.7 Å². The molecule has 0 aromatic rings. The molecule has 1 rings (SSSR count). The van der Waals surface area contributed by atoms with Gasteiger partial charge in [-0.2, -0.15) is 16.8 Å². The average molecular weight is 346 g/mol. The number of piperazine rings is 1. The molecule has 0 aromatic carbocycles. The minimum absolute atomic E-state index is 0.107. The highest BCUT2D eigenvalue weighted by Crippen LogP contribution is 2.03. The van der Waals surface area contributed by atoms with Crippen molar-refractivity contribution in [1.82, 2.24) is 9.80 Å². The third-order valence-corrected chi connectivity index (χ3v) is 5.03. The molecule has 1 aliphatic heterocycles. The minimum Gasteiger partial charge on any atom is -0.395 e. The Morgan fingerprint density at radius 3 is 1.90 bits per heavy atom. The van der Waals surface area contributed by atoms with E-state index in [0.717, 1.165) is 13.1 Å². The van der Waals surface area contributed by atoms with E-state index in [0.29, 0.717) is 26.2 Å². The first-order valence-corrected chi connectivity index (χ1v) is 9.78. The van der Waals surface area contributed by atoms with Crippen LogP contribution in [0.25, 0.3) is 0 Å². The first kappa shape index (κ1) is 18.7. The van der Waals surface area contributed by atoms with Gasteiger partial charge in [-0.05, 0) is 0 Å². The Hall–Kier alpha value is -0.300. The lowest BCUT2D eigenvalue weighted by Crippen LogP contribution is -2.48. The molecule has 0 unspecified atom stereocenters. The van der Waals surface area contributed by atoms with Crippen molar-refractivity contribution in [2.24, 2.45) is 0 Å². The third-order valence-electron chi connectivity index (χ3n) is 3.14. The molecule has 11 heteroatoms. The number of rotatable bonds is 9. The van der Waals surface area contributed by atoms with Gasteiger partial charge in [0, 0.05) is 39.3 Å². The Bertz CT molecular complexity index is 497. The van der Waals surface area contributed by atoms with E-state index in [4.69, 9.17) is 9.66 Å². The molecule has 0 radical (unpaired) electrons. The van der Waals surface area contributed by atoms with Gasteiger partial charge in [0.15, 0.2) is 0 Å². The number of nitrogens with zero attached hydrogens (tertiary/aromatic N) is 2. The summed E-state index contributed by atoms with van der Waals surface area (Å²) >= 11 is 0. The van der Waals surface area contributed by atoms with Crippen LogP contribution in [-0.2, 0) is 24.4 Å². The number of β-amino-alcohol motifs (C(OH)–C–C–N with tert-alkyl or cyclic N) is 1. The first-order chi connectivity index (χ1) is 9.72. The molecule has 0 atom stereocenters. The lowest BCUT2D eigenvalue weighted by Gasteiger charge is -2.34. The fraction of sp³-hybridized carbons (Fsp3) is 1.00. The van der Waals surface area contributed by atoms with E-state index in [-0.39, 0.29) is 12.4 Å². The highest BCUT2D eigenvalue weighted by molar-refractivity contribution is 7.87. The van der Waals surface area contributed by atoms with Gasteiger partial charge in [0.25, 0.3) is 20.2 Å². The van der Waals surface area contributed by atoms with Crippen LogP contribution in [0.15, 0.2) is 0 Å². The molecule has 0 amide bonds. The fourth-order valence-electron chi connectivity index (χ4n) is 1.94. The molecule has 1 aliphatic rings. The molecule has 2 N–H and O–H groups in total. The van der Waals surface area contributed by atoms with Gasteiger partial charge in [-0.15, -0.1) is 0 Å². The summed E-state index contributed by atoms with van der Waals surface area (Å²) in [5.41, 5.74) is 0. The van der Waals surface area contributed by atoms with Gasteiger partial charge in [0.05, 0.1) is 19.0 Å². The fourth-order valence-corrected chi connectivity index (χ4v) is 3.28. The zero-order valence-electron chi connectivity index (χ0n) is 11.7. The molecular weight excluding hydrogens is 324 g/mol. The summed E-state index contributed by atoms with van der Waals surface area (Å²) in [7, 11) is -8.02. The van der Waals surface area contributed by atoms with Crippen LogP contribution in [0.4, 0.5) is 0 Å². The Labute approximate surface area is 125 Å². The Balaban J connectivity index is 2.25. The molecule has 1 heterocycles. The van der Waals surface area contributed by atoms with Crippen LogP contribution in [0.2, 0.25) is 0 Å². The van der Waals surface area contributed by atoms with Crippen LogP contribution in [0.5, 0.6) is 0 Å². The predicted octanol–water partition coefficient (Wildman–Crippen LogP) is -2.17. The van der Waals surface area contributed by atoms with Crippen LogP contribution in [-0.4, -0.2) is 100 Å². The summed E-state index contributed by atoms with van der Waals surface area (Å²) in [5, 5.41) is 8.82. The van der Waals surface area contributed by atoms with Gasteiger partial charge in [0.2, 0.25) is 0 Å². The van der Waals surface area contributed by atoms with Crippen molar-refractivity contribution in [2.75, 3.05) is 64.0 Å². The maximum Gasteiger partial charge on any atom is 0.268 e. The van der Waals surface area contributed by atoms with Gasteiger partial charge in [0.1, 0.15) is 5.75 Å². The van der Waals surface area contributed by atoms with Crippen molar-refractivity contribution in [3.8, 4) is 0 Å². The molecule has 0 bridgehead atoms. The van der Waals surface area contributed by atoms with Crippen molar-refractivity contribution in [3.05, 3.63) is 0 Å². The van der Waals surface area contributed by atoms with Crippen molar-refractivity contribution in [3.63, 3.8) is 0 Å². The lowest BCUT2D eigenvalue weighted by molar-refractivity contribution is 0.116. The molecule has 126 valence electrons. The number of aliphatic hydroxyl groups excluding tert-OH is 1. The Kier molecular flexibility index (Phi) is 7.47. The van der Waals surface area contributed by atoms with Gasteiger partial charge < -0.3 is 5.11 Å². The second-order valence-corrected chi connectivity index (χ2v) is 8.11. The quantitative estimate of drug-likeness (QED) is 0.354. The number of hydrogen-bond acceptors (Lipinski definition) is 8. The van der Waals surface area contributed by atoms with Crippen LogP contribution in [0.1, 0.15) is 0 Å². The minimum atomic E-state index is -4.22. The summed E-state index contributed by atoms with van der Waals surface area (Å²) in [6, 6.07) is 0. The molecule has 21 heavy (non-hydrogen) atoms. The topological polar surface area (TPSA) is 124 Å². The second kappa shape index (κ2) is 8.36. The number of hydrogen-bond donors (Lipinski definition) is 2. The third kappa shape index (κ3) is 8.66. The van der Waals surface area contributed by atoms with E-state index in [1.54, 1.807) is 0 Å². The molecule has 9 nitrogen and oxygen atoms in total. The van der Waals surface area contributed by atoms with E-state index < -0.39 is 32.6 Å². The first-order valence-electron chi connectivity index (χ1n) is 6.60. The zero-order valence-corrected chi connectivity index (χ0v) is 13.4. The van der Waals surface area contributed by atoms with Crippen LogP contribution in [0, 0.1) is 0 Å². The maximum atomic E-state index is 11.6. The van der Waals surface area contributed by atoms with Crippen molar-refractivity contribution in [2.45, 2.75) is 0 Å². The van der Waals surface area contributed by atoms with E-state index in [9.17, 15) is 16.8 Å². The molecule has 1 fully saturated rings. The largest absolute Gasteiger partial charge is 0.395 e. The molecule has 0 aromatic heterocycles. The monoisotopic (exact) mass is 346 g/mol. The van der Waals surface area contributed by atoms with Gasteiger partial charge in [-0.3, -0.25) is 18.5 Å². The summed E-state index contributed by atoms with van der Waals surface area (Å²) in [4.78, 5) is 4.06. The molecule has 0 spiro atoms. The van der Waals surface area contributed by atoms with Crippen molar-refractivity contribution in [1.29, 1.82) is 0 Å². The lowest BCUT2D eigenvalue weighted by atomic mass is 10.3. The SMILES string of the molecule is O=S(=O)(O)CCOS(=O)(=O)CCN1CCN(CCO)CC1. The smallest absolute Gasteiger partial charge is 0.268 e. The summed E-state index contributed by atoms with van der Waals surface area (Å²) in [5.74, 6) is -0.968. The summed E-state index contributed by atoms with van der Waals surface area (Å²) < 4.78 is 57.0. The van der Waals surface area contributed by atoms with Crippen LogP contribution >= 0.6 is 0 Å². The van der Waals surface area contributed by atoms with Crippen LogP contribution < -0.4 is 0 Å². The van der Waals surface area contributed by atoms with Gasteiger partial charge in [-0.25, -0.2) is 0 Å². The van der Waals surface area contributed by atoms with E-state index in [1.807, 2.05) is 4.90 Å². The van der Waals surface area contributed by atoms with Crippen molar-refractivity contribution >= 4 is 20.2 Å². The second-order valence-electron chi connectivity index (χ2n) is 4.78. The van der Waals surface area contributed by atoms with E-state index >= 15 is 0 Å². The Morgan fingerprint density at radius 1 is 0.905 bits per heavy atom. The average Bonchev–Trinajstić information content (AvgIpc) is 2.36. The summed E-state index contributed by atoms with van der Waals surface area (Å²) in [6.45, 7) is 3.41.